The van der Waals surface area contributed by atoms with Crippen LogP contribution in [-0.4, -0.2) is 55.4 Å². The minimum absolute atomic E-state index is 0.0224. The lowest BCUT2D eigenvalue weighted by molar-refractivity contribution is -0.116. The van der Waals surface area contributed by atoms with E-state index in [9.17, 15) is 23.1 Å². The van der Waals surface area contributed by atoms with Crippen LogP contribution in [0, 0.1) is 5.92 Å². The molecule has 3 N–H and O–H groups in total. The van der Waals surface area contributed by atoms with Crippen LogP contribution < -0.4 is 16.2 Å². The maximum atomic E-state index is 13.7. The fourth-order valence-electron chi connectivity index (χ4n) is 4.11. The van der Waals surface area contributed by atoms with Crippen molar-refractivity contribution in [3.05, 3.63) is 58.4 Å². The summed E-state index contributed by atoms with van der Waals surface area (Å²) >= 11 is 0. The molecule has 0 radical (unpaired) electrons. The fourth-order valence-corrected chi connectivity index (χ4v) is 5.23. The van der Waals surface area contributed by atoms with E-state index in [1.165, 1.54) is 10.6 Å². The molecular formula is C25H29N5O5S. The number of aromatic nitrogens is 1. The lowest BCUT2D eigenvalue weighted by Crippen LogP contribution is -2.33. The van der Waals surface area contributed by atoms with Crippen LogP contribution in [0.15, 0.2) is 56.6 Å². The molecule has 1 amide bonds. The number of likely N-dealkylation sites (N-methyl/N-ethyl adjacent to an activating group) is 1. The standard InChI is InChI=1S/C25H29N5O5S/c1-15(2)12-13-30-18-10-7-9-17(26-20(31)14-29(3)4)21(18)23(32)22(25(30)33)24-27-16-8-5-6-11-19(16)36(34,35)28-24/h5-11,15,32H,12-14H2,1-4H3,(H,26,31)(H,27,28). The molecule has 0 atom stereocenters. The summed E-state index contributed by atoms with van der Waals surface area (Å²) in [4.78, 5) is 27.9. The normalized spacial score (nSPS) is 14.4. The number of para-hydroxylation sites is 1. The van der Waals surface area contributed by atoms with Gasteiger partial charge in [0.15, 0.2) is 5.84 Å². The number of benzene rings is 2. The quantitative estimate of drug-likeness (QED) is 0.444. The largest absolute Gasteiger partial charge is 0.506 e. The van der Waals surface area contributed by atoms with Crippen LogP contribution in [0.25, 0.3) is 10.9 Å². The van der Waals surface area contributed by atoms with E-state index >= 15 is 0 Å². The second kappa shape index (κ2) is 9.75. The van der Waals surface area contributed by atoms with E-state index < -0.39 is 21.3 Å². The van der Waals surface area contributed by atoms with E-state index in [2.05, 4.69) is 15.0 Å². The van der Waals surface area contributed by atoms with E-state index in [1.54, 1.807) is 55.4 Å². The zero-order valence-corrected chi connectivity index (χ0v) is 21.4. The Balaban J connectivity index is 1.98. The first-order valence-corrected chi connectivity index (χ1v) is 13.0. The van der Waals surface area contributed by atoms with E-state index in [1.807, 2.05) is 13.8 Å². The highest BCUT2D eigenvalue weighted by atomic mass is 32.2. The highest BCUT2D eigenvalue weighted by Gasteiger charge is 2.30. The maximum Gasteiger partial charge on any atom is 0.286 e. The molecule has 0 saturated heterocycles. The summed E-state index contributed by atoms with van der Waals surface area (Å²) < 4.78 is 31.1. The van der Waals surface area contributed by atoms with Crippen molar-refractivity contribution in [1.82, 2.24) is 9.47 Å². The summed E-state index contributed by atoms with van der Waals surface area (Å²) in [5, 5.41) is 17.3. The number of anilines is 2. The van der Waals surface area contributed by atoms with Crippen molar-refractivity contribution in [2.45, 2.75) is 31.7 Å². The molecule has 0 saturated carbocycles. The third-order valence-electron chi connectivity index (χ3n) is 5.80. The molecule has 190 valence electrons. The van der Waals surface area contributed by atoms with E-state index in [0.29, 0.717) is 24.2 Å². The number of aryl methyl sites for hydroxylation is 1. The third kappa shape index (κ3) is 4.84. The number of amidine groups is 1. The Kier molecular flexibility index (Phi) is 6.87. The van der Waals surface area contributed by atoms with E-state index in [0.717, 1.165) is 0 Å². The molecule has 10 nitrogen and oxygen atoms in total. The monoisotopic (exact) mass is 511 g/mol. The first-order chi connectivity index (χ1) is 17.0. The summed E-state index contributed by atoms with van der Waals surface area (Å²) in [5.41, 5.74) is 0.111. The maximum absolute atomic E-state index is 13.7. The summed E-state index contributed by atoms with van der Waals surface area (Å²) in [6.07, 6.45) is 0.664. The molecule has 0 aliphatic carbocycles. The fraction of sp³-hybridized carbons (Fsp3) is 0.320. The van der Waals surface area contributed by atoms with Crippen molar-refractivity contribution >= 4 is 44.0 Å². The summed E-state index contributed by atoms with van der Waals surface area (Å²) in [5.74, 6) is -0.759. The van der Waals surface area contributed by atoms with Gasteiger partial charge in [0.1, 0.15) is 16.2 Å². The molecule has 11 heteroatoms. The highest BCUT2D eigenvalue weighted by molar-refractivity contribution is 7.90. The van der Waals surface area contributed by atoms with Gasteiger partial charge < -0.3 is 25.2 Å². The predicted octanol–water partition coefficient (Wildman–Crippen LogP) is 2.81. The van der Waals surface area contributed by atoms with Gasteiger partial charge in [0, 0.05) is 6.54 Å². The number of nitrogens with zero attached hydrogens (tertiary/aromatic N) is 3. The Labute approximate surface area is 209 Å². The Morgan fingerprint density at radius 3 is 2.58 bits per heavy atom. The van der Waals surface area contributed by atoms with Crippen molar-refractivity contribution in [2.75, 3.05) is 31.3 Å². The lowest BCUT2D eigenvalue weighted by Gasteiger charge is -2.22. The molecule has 1 aromatic heterocycles. The number of hydrogen-bond acceptors (Lipinski definition) is 7. The van der Waals surface area contributed by atoms with Crippen molar-refractivity contribution in [1.29, 1.82) is 0 Å². The van der Waals surface area contributed by atoms with E-state index in [4.69, 9.17) is 0 Å². The van der Waals surface area contributed by atoms with Gasteiger partial charge in [0.2, 0.25) is 5.91 Å². The predicted molar refractivity (Wildman–Crippen MR) is 140 cm³/mol. The van der Waals surface area contributed by atoms with Gasteiger partial charge in [0.05, 0.1) is 28.8 Å². The second-order valence-electron chi connectivity index (χ2n) is 9.38. The number of rotatable bonds is 7. The van der Waals surface area contributed by atoms with Gasteiger partial charge in [0.25, 0.3) is 15.6 Å². The number of fused-ring (bicyclic) bond motifs is 2. The van der Waals surface area contributed by atoms with Gasteiger partial charge in [-0.15, -0.1) is 4.40 Å². The minimum Gasteiger partial charge on any atom is -0.506 e. The number of amides is 1. The zero-order chi connectivity index (χ0) is 26.2. The Morgan fingerprint density at radius 2 is 1.89 bits per heavy atom. The zero-order valence-electron chi connectivity index (χ0n) is 20.6. The average Bonchev–Trinajstić information content (AvgIpc) is 2.78. The van der Waals surface area contributed by atoms with Crippen molar-refractivity contribution in [2.24, 2.45) is 10.3 Å². The molecule has 2 aromatic carbocycles. The Morgan fingerprint density at radius 1 is 1.17 bits per heavy atom. The molecule has 0 bridgehead atoms. The number of pyridine rings is 1. The molecule has 0 fully saturated rings. The van der Waals surface area contributed by atoms with Crippen molar-refractivity contribution in [3.8, 4) is 5.75 Å². The summed E-state index contributed by atoms with van der Waals surface area (Å²) in [7, 11) is -0.603. The molecular weight excluding hydrogens is 482 g/mol. The average molecular weight is 512 g/mol. The molecule has 1 aliphatic heterocycles. The number of sulfonamides is 1. The van der Waals surface area contributed by atoms with Crippen LogP contribution in [0.1, 0.15) is 25.8 Å². The summed E-state index contributed by atoms with van der Waals surface area (Å²) in [6, 6.07) is 11.2. The third-order valence-corrected chi connectivity index (χ3v) is 7.13. The molecule has 1 aliphatic rings. The molecule has 3 aromatic rings. The van der Waals surface area contributed by atoms with Gasteiger partial charge in [-0.1, -0.05) is 32.0 Å². The van der Waals surface area contributed by atoms with E-state index in [-0.39, 0.29) is 45.7 Å². The van der Waals surface area contributed by atoms with Gasteiger partial charge in [-0.05, 0) is 50.7 Å². The number of carbonyl (C=O) groups is 1. The molecule has 4 rings (SSSR count). The SMILES string of the molecule is CC(C)CCn1c(=O)c(C2=NS(=O)(=O)c3ccccc3N2)c(O)c2c(NC(=O)CN(C)C)cccc21. The highest BCUT2D eigenvalue weighted by Crippen LogP contribution is 2.36. The number of nitrogens with one attached hydrogen (secondary N) is 2. The molecule has 0 spiro atoms. The second-order valence-corrected chi connectivity index (χ2v) is 11.0. The molecule has 36 heavy (non-hydrogen) atoms. The van der Waals surface area contributed by atoms with Crippen LogP contribution in [0.5, 0.6) is 5.75 Å². The van der Waals surface area contributed by atoms with Gasteiger partial charge in [-0.25, -0.2) is 0 Å². The van der Waals surface area contributed by atoms with Crippen LogP contribution in [-0.2, 0) is 21.4 Å². The first-order valence-electron chi connectivity index (χ1n) is 11.5. The minimum atomic E-state index is -4.12. The van der Waals surface area contributed by atoms with Gasteiger partial charge in [-0.3, -0.25) is 9.59 Å². The summed E-state index contributed by atoms with van der Waals surface area (Å²) in [6.45, 7) is 4.49. The van der Waals surface area contributed by atoms with Crippen LogP contribution in [0.2, 0.25) is 0 Å². The number of hydrogen-bond donors (Lipinski definition) is 3. The Hall–Kier alpha value is -3.70. The number of carbonyl (C=O) groups excluding carboxylic acids is 1. The van der Waals surface area contributed by atoms with Crippen molar-refractivity contribution < 1.29 is 18.3 Å². The molecule has 0 unspecified atom stereocenters. The van der Waals surface area contributed by atoms with Gasteiger partial charge >= 0.3 is 0 Å². The smallest absolute Gasteiger partial charge is 0.286 e. The van der Waals surface area contributed by atoms with Gasteiger partial charge in [-0.2, -0.15) is 8.42 Å². The Bertz CT molecular complexity index is 1540. The van der Waals surface area contributed by atoms with Crippen LogP contribution in [0.3, 0.4) is 0 Å². The first kappa shape index (κ1) is 25.4. The number of aromatic hydroxyl groups is 1. The molecule has 2 heterocycles. The van der Waals surface area contributed by atoms with Crippen LogP contribution >= 0.6 is 0 Å². The lowest BCUT2D eigenvalue weighted by atomic mass is 10.1. The topological polar surface area (TPSA) is 133 Å². The van der Waals surface area contributed by atoms with Crippen LogP contribution in [0.4, 0.5) is 11.4 Å². The van der Waals surface area contributed by atoms with Crippen molar-refractivity contribution in [3.63, 3.8) is 0 Å².